The third kappa shape index (κ3) is 4.10. The van der Waals surface area contributed by atoms with Crippen LogP contribution in [0.2, 0.25) is 0 Å². The van der Waals surface area contributed by atoms with Crippen molar-refractivity contribution in [2.24, 2.45) is 0 Å². The molecule has 0 spiro atoms. The standard InChI is InChI=1S/C18H21N5O/c1-3-4-10-19-15-12-16(20-17-11-13(2)24-23-17)22-18(21-15)14-8-6-5-7-9-14/h5-9,11-12H,3-4,10H2,1-2H3,(H2,19,20,21,22,23). The first-order valence-electron chi connectivity index (χ1n) is 8.13. The van der Waals surface area contributed by atoms with E-state index in [9.17, 15) is 0 Å². The molecule has 0 saturated carbocycles. The highest BCUT2D eigenvalue weighted by Crippen LogP contribution is 2.22. The molecular weight excluding hydrogens is 302 g/mol. The third-order valence-electron chi connectivity index (χ3n) is 3.48. The van der Waals surface area contributed by atoms with E-state index in [2.05, 4.69) is 32.7 Å². The van der Waals surface area contributed by atoms with E-state index < -0.39 is 0 Å². The topological polar surface area (TPSA) is 75.9 Å². The van der Waals surface area contributed by atoms with Gasteiger partial charge in [0.2, 0.25) is 0 Å². The second-order valence-electron chi connectivity index (χ2n) is 5.56. The first kappa shape index (κ1) is 16.0. The van der Waals surface area contributed by atoms with Gasteiger partial charge in [0.25, 0.3) is 0 Å². The van der Waals surface area contributed by atoms with Crippen LogP contribution in [0.4, 0.5) is 17.5 Å². The molecule has 2 aromatic heterocycles. The van der Waals surface area contributed by atoms with Gasteiger partial charge in [0.1, 0.15) is 17.4 Å². The van der Waals surface area contributed by atoms with Crippen molar-refractivity contribution < 1.29 is 4.52 Å². The number of hydrogen-bond donors (Lipinski definition) is 2. The van der Waals surface area contributed by atoms with E-state index in [4.69, 9.17) is 4.52 Å². The Morgan fingerprint density at radius 1 is 1.00 bits per heavy atom. The maximum Gasteiger partial charge on any atom is 0.175 e. The summed E-state index contributed by atoms with van der Waals surface area (Å²) in [6.07, 6.45) is 2.23. The lowest BCUT2D eigenvalue weighted by Crippen LogP contribution is -2.06. The largest absolute Gasteiger partial charge is 0.370 e. The number of rotatable bonds is 7. The lowest BCUT2D eigenvalue weighted by molar-refractivity contribution is 0.400. The van der Waals surface area contributed by atoms with Gasteiger partial charge in [0.05, 0.1) is 0 Å². The number of hydrogen-bond acceptors (Lipinski definition) is 6. The van der Waals surface area contributed by atoms with E-state index >= 15 is 0 Å². The lowest BCUT2D eigenvalue weighted by atomic mass is 10.2. The van der Waals surface area contributed by atoms with Crippen LogP contribution < -0.4 is 10.6 Å². The molecule has 0 aliphatic rings. The summed E-state index contributed by atoms with van der Waals surface area (Å²) in [4.78, 5) is 9.21. The van der Waals surface area contributed by atoms with Gasteiger partial charge in [-0.25, -0.2) is 9.97 Å². The molecule has 0 unspecified atom stereocenters. The van der Waals surface area contributed by atoms with Crippen LogP contribution in [0.1, 0.15) is 25.5 Å². The zero-order valence-corrected chi connectivity index (χ0v) is 13.9. The fraction of sp³-hybridized carbons (Fsp3) is 0.278. The number of anilines is 3. The summed E-state index contributed by atoms with van der Waals surface area (Å²) in [5.41, 5.74) is 0.969. The number of nitrogens with one attached hydrogen (secondary N) is 2. The second kappa shape index (κ2) is 7.59. The van der Waals surface area contributed by atoms with Gasteiger partial charge in [-0.15, -0.1) is 0 Å². The van der Waals surface area contributed by atoms with Gasteiger partial charge in [-0.3, -0.25) is 0 Å². The predicted molar refractivity (Wildman–Crippen MR) is 95.4 cm³/mol. The van der Waals surface area contributed by atoms with E-state index in [1.165, 1.54) is 0 Å². The van der Waals surface area contributed by atoms with Crippen molar-refractivity contribution in [2.45, 2.75) is 26.7 Å². The van der Waals surface area contributed by atoms with Crippen LogP contribution in [0.5, 0.6) is 0 Å². The normalized spacial score (nSPS) is 10.6. The minimum Gasteiger partial charge on any atom is -0.370 e. The molecular formula is C18H21N5O. The summed E-state index contributed by atoms with van der Waals surface area (Å²) in [5.74, 6) is 3.51. The van der Waals surface area contributed by atoms with Crippen LogP contribution in [0.3, 0.4) is 0 Å². The van der Waals surface area contributed by atoms with Crippen molar-refractivity contribution in [1.29, 1.82) is 0 Å². The number of aromatic nitrogens is 3. The number of unbranched alkanes of at least 4 members (excludes halogenated alkanes) is 1. The first-order chi connectivity index (χ1) is 11.7. The Bertz CT molecular complexity index is 785. The molecule has 0 amide bonds. The monoisotopic (exact) mass is 323 g/mol. The quantitative estimate of drug-likeness (QED) is 0.628. The van der Waals surface area contributed by atoms with Gasteiger partial charge in [-0.2, -0.15) is 0 Å². The fourth-order valence-electron chi connectivity index (χ4n) is 2.27. The molecule has 0 bridgehead atoms. The Morgan fingerprint density at radius 2 is 1.79 bits per heavy atom. The molecule has 6 nitrogen and oxygen atoms in total. The highest BCUT2D eigenvalue weighted by atomic mass is 16.5. The number of nitrogens with zero attached hydrogens (tertiary/aromatic N) is 3. The van der Waals surface area contributed by atoms with Crippen molar-refractivity contribution in [3.63, 3.8) is 0 Å². The lowest BCUT2D eigenvalue weighted by Gasteiger charge is -2.10. The maximum atomic E-state index is 5.09. The molecule has 0 radical (unpaired) electrons. The van der Waals surface area contributed by atoms with Crippen LogP contribution >= 0.6 is 0 Å². The second-order valence-corrected chi connectivity index (χ2v) is 5.56. The van der Waals surface area contributed by atoms with Gasteiger partial charge in [0, 0.05) is 24.2 Å². The van der Waals surface area contributed by atoms with Crippen molar-refractivity contribution in [3.8, 4) is 11.4 Å². The molecule has 3 rings (SSSR count). The van der Waals surface area contributed by atoms with Crippen LogP contribution in [-0.4, -0.2) is 21.7 Å². The molecule has 6 heteroatoms. The zero-order valence-electron chi connectivity index (χ0n) is 13.9. The summed E-state index contributed by atoms with van der Waals surface area (Å²) in [7, 11) is 0. The first-order valence-corrected chi connectivity index (χ1v) is 8.13. The van der Waals surface area contributed by atoms with Crippen LogP contribution in [0.15, 0.2) is 47.0 Å². The van der Waals surface area contributed by atoms with Crippen LogP contribution in [-0.2, 0) is 0 Å². The van der Waals surface area contributed by atoms with Crippen LogP contribution in [0.25, 0.3) is 11.4 Å². The molecule has 0 aliphatic heterocycles. The summed E-state index contributed by atoms with van der Waals surface area (Å²) in [6.45, 7) is 4.90. The highest BCUT2D eigenvalue weighted by Gasteiger charge is 2.08. The van der Waals surface area contributed by atoms with E-state index in [0.29, 0.717) is 17.5 Å². The van der Waals surface area contributed by atoms with Crippen molar-refractivity contribution >= 4 is 17.5 Å². The molecule has 3 aromatic rings. The molecule has 1 aromatic carbocycles. The Balaban J connectivity index is 1.90. The highest BCUT2D eigenvalue weighted by molar-refractivity contribution is 5.63. The molecule has 0 fully saturated rings. The average molecular weight is 323 g/mol. The van der Waals surface area contributed by atoms with Gasteiger partial charge in [0.15, 0.2) is 11.6 Å². The molecule has 2 heterocycles. The van der Waals surface area contributed by atoms with E-state index in [0.717, 1.165) is 36.5 Å². The van der Waals surface area contributed by atoms with Crippen molar-refractivity contribution in [3.05, 3.63) is 48.2 Å². The molecule has 2 N–H and O–H groups in total. The molecule has 0 atom stereocenters. The smallest absolute Gasteiger partial charge is 0.175 e. The summed E-state index contributed by atoms with van der Waals surface area (Å²) >= 11 is 0. The van der Waals surface area contributed by atoms with E-state index in [1.54, 1.807) is 0 Å². The zero-order chi connectivity index (χ0) is 16.8. The Labute approximate surface area is 141 Å². The van der Waals surface area contributed by atoms with Gasteiger partial charge >= 0.3 is 0 Å². The van der Waals surface area contributed by atoms with E-state index in [1.807, 2.05) is 49.4 Å². The van der Waals surface area contributed by atoms with E-state index in [-0.39, 0.29) is 0 Å². The van der Waals surface area contributed by atoms with Crippen molar-refractivity contribution in [2.75, 3.05) is 17.2 Å². The number of aryl methyl sites for hydroxylation is 1. The van der Waals surface area contributed by atoms with Gasteiger partial charge < -0.3 is 15.2 Å². The molecule has 0 saturated heterocycles. The summed E-state index contributed by atoms with van der Waals surface area (Å²) < 4.78 is 5.09. The van der Waals surface area contributed by atoms with Crippen molar-refractivity contribution in [1.82, 2.24) is 15.1 Å². The predicted octanol–water partition coefficient (Wildman–Crippen LogP) is 4.40. The maximum absolute atomic E-state index is 5.09. The average Bonchev–Trinajstić information content (AvgIpc) is 3.00. The summed E-state index contributed by atoms with van der Waals surface area (Å²) in [5, 5.41) is 10.5. The summed E-state index contributed by atoms with van der Waals surface area (Å²) in [6, 6.07) is 13.6. The minimum atomic E-state index is 0.629. The Kier molecular flexibility index (Phi) is 5.05. The van der Waals surface area contributed by atoms with Gasteiger partial charge in [-0.05, 0) is 13.3 Å². The van der Waals surface area contributed by atoms with Gasteiger partial charge in [-0.1, -0.05) is 48.8 Å². The third-order valence-corrected chi connectivity index (χ3v) is 3.48. The SMILES string of the molecule is CCCCNc1cc(Nc2cc(C)on2)nc(-c2ccccc2)n1. The Hall–Kier alpha value is -2.89. The Morgan fingerprint density at radius 3 is 2.50 bits per heavy atom. The van der Waals surface area contributed by atoms with Crippen LogP contribution in [0, 0.1) is 6.92 Å². The minimum absolute atomic E-state index is 0.629. The number of benzene rings is 1. The molecule has 0 aliphatic carbocycles. The fourth-order valence-corrected chi connectivity index (χ4v) is 2.27. The molecule has 124 valence electrons. The molecule has 24 heavy (non-hydrogen) atoms.